The summed E-state index contributed by atoms with van der Waals surface area (Å²) >= 11 is 0. The van der Waals surface area contributed by atoms with Gasteiger partial charge in [0.25, 0.3) is 0 Å². The van der Waals surface area contributed by atoms with Crippen molar-refractivity contribution < 1.29 is 17.9 Å². The lowest BCUT2D eigenvalue weighted by atomic mass is 10.2. The number of nitrogens with two attached hydrogens (primary N) is 1. The molecular weight excluding hydrogens is 342 g/mol. The second kappa shape index (κ2) is 8.50. The summed E-state index contributed by atoms with van der Waals surface area (Å²) in [6, 6.07) is 13.0. The van der Waals surface area contributed by atoms with Crippen molar-refractivity contribution in [3.63, 3.8) is 0 Å². The van der Waals surface area contributed by atoms with E-state index < -0.39 is 10.0 Å². The predicted octanol–water partition coefficient (Wildman–Crippen LogP) is 2.23. The highest BCUT2D eigenvalue weighted by Gasteiger charge is 2.07. The highest BCUT2D eigenvalue weighted by atomic mass is 32.2. The number of para-hydroxylation sites is 1. The zero-order valence-electron chi connectivity index (χ0n) is 13.9. The van der Waals surface area contributed by atoms with E-state index in [0.29, 0.717) is 25.3 Å². The van der Waals surface area contributed by atoms with Crippen molar-refractivity contribution in [1.29, 1.82) is 0 Å². The fourth-order valence-electron chi connectivity index (χ4n) is 2.08. The second-order valence-corrected chi connectivity index (χ2v) is 6.98. The summed E-state index contributed by atoms with van der Waals surface area (Å²) in [5.74, 6) is 0.835. The lowest BCUT2D eigenvalue weighted by Gasteiger charge is -2.10. The molecule has 0 aliphatic carbocycles. The van der Waals surface area contributed by atoms with Crippen molar-refractivity contribution in [2.45, 2.75) is 18.2 Å². The molecule has 0 heterocycles. The molecule has 8 heteroatoms. The number of urea groups is 1. The molecule has 0 bridgehead atoms. The van der Waals surface area contributed by atoms with E-state index in [9.17, 15) is 13.2 Å². The van der Waals surface area contributed by atoms with E-state index in [0.717, 1.165) is 11.3 Å². The first-order chi connectivity index (χ1) is 11.9. The van der Waals surface area contributed by atoms with E-state index >= 15 is 0 Å². The molecule has 134 valence electrons. The third kappa shape index (κ3) is 6.09. The molecule has 2 aromatic rings. The topological polar surface area (TPSA) is 111 Å². The van der Waals surface area contributed by atoms with Gasteiger partial charge in [-0.15, -0.1) is 0 Å². The Morgan fingerprint density at radius 1 is 1.12 bits per heavy atom. The van der Waals surface area contributed by atoms with E-state index in [1.807, 2.05) is 31.2 Å². The summed E-state index contributed by atoms with van der Waals surface area (Å²) in [5, 5.41) is 10.3. The fourth-order valence-corrected chi connectivity index (χ4v) is 2.59. The Balaban J connectivity index is 1.70. The van der Waals surface area contributed by atoms with Crippen LogP contribution in [0.25, 0.3) is 0 Å². The molecule has 2 amide bonds. The summed E-state index contributed by atoms with van der Waals surface area (Å²) < 4.78 is 28.0. The molecule has 0 aliphatic heterocycles. The average Bonchev–Trinajstić information content (AvgIpc) is 2.56. The van der Waals surface area contributed by atoms with Gasteiger partial charge in [-0.05, 0) is 49.2 Å². The second-order valence-electron chi connectivity index (χ2n) is 5.42. The van der Waals surface area contributed by atoms with Crippen molar-refractivity contribution in [2.24, 2.45) is 5.14 Å². The van der Waals surface area contributed by atoms with E-state index in [1.54, 1.807) is 0 Å². The molecule has 0 spiro atoms. The number of rotatable bonds is 7. The van der Waals surface area contributed by atoms with Gasteiger partial charge < -0.3 is 15.4 Å². The summed E-state index contributed by atoms with van der Waals surface area (Å²) in [5.41, 5.74) is 1.54. The Morgan fingerprint density at radius 3 is 2.44 bits per heavy atom. The van der Waals surface area contributed by atoms with Crippen LogP contribution in [0, 0.1) is 6.92 Å². The number of hydrogen-bond acceptors (Lipinski definition) is 4. The molecule has 0 saturated carbocycles. The first-order valence-electron chi connectivity index (χ1n) is 7.72. The van der Waals surface area contributed by atoms with Gasteiger partial charge in [0.2, 0.25) is 10.0 Å². The van der Waals surface area contributed by atoms with Crippen LogP contribution in [0.1, 0.15) is 12.0 Å². The smallest absolute Gasteiger partial charge is 0.319 e. The van der Waals surface area contributed by atoms with Gasteiger partial charge in [-0.1, -0.05) is 18.2 Å². The standard InChI is InChI=1S/C17H21N3O4S/c1-13-5-2-3-6-16(13)24-12-4-11-19-17(21)20-14-7-9-15(10-8-14)25(18,22)23/h2-3,5-10H,4,11-12H2,1H3,(H2,18,22,23)(H2,19,20,21). The number of benzene rings is 2. The van der Waals surface area contributed by atoms with Crippen LogP contribution in [0.4, 0.5) is 10.5 Å². The molecule has 7 nitrogen and oxygen atoms in total. The molecule has 0 aliphatic rings. The van der Waals surface area contributed by atoms with Crippen LogP contribution in [0.5, 0.6) is 5.75 Å². The summed E-state index contributed by atoms with van der Waals surface area (Å²) in [4.78, 5) is 11.8. The molecule has 25 heavy (non-hydrogen) atoms. The third-order valence-corrected chi connectivity index (χ3v) is 4.33. The number of sulfonamides is 1. The number of aryl methyl sites for hydroxylation is 1. The van der Waals surface area contributed by atoms with Crippen molar-refractivity contribution in [3.05, 3.63) is 54.1 Å². The molecule has 2 rings (SSSR count). The highest BCUT2D eigenvalue weighted by molar-refractivity contribution is 7.89. The molecule has 0 radical (unpaired) electrons. The summed E-state index contributed by atoms with van der Waals surface area (Å²) in [6.45, 7) is 2.92. The van der Waals surface area contributed by atoms with Crippen molar-refractivity contribution in [3.8, 4) is 5.75 Å². The van der Waals surface area contributed by atoms with Crippen LogP contribution >= 0.6 is 0 Å². The highest BCUT2D eigenvalue weighted by Crippen LogP contribution is 2.16. The third-order valence-electron chi connectivity index (χ3n) is 3.40. The van der Waals surface area contributed by atoms with Gasteiger partial charge in [-0.3, -0.25) is 0 Å². The van der Waals surface area contributed by atoms with Gasteiger partial charge in [0.05, 0.1) is 11.5 Å². The first-order valence-corrected chi connectivity index (χ1v) is 9.27. The van der Waals surface area contributed by atoms with Crippen molar-refractivity contribution in [1.82, 2.24) is 5.32 Å². The Kier molecular flexibility index (Phi) is 6.37. The van der Waals surface area contributed by atoms with Crippen LogP contribution < -0.4 is 20.5 Å². The zero-order chi connectivity index (χ0) is 18.3. The molecule has 0 aromatic heterocycles. The maximum atomic E-state index is 11.8. The number of anilines is 1. The monoisotopic (exact) mass is 363 g/mol. The van der Waals surface area contributed by atoms with Crippen LogP contribution in [-0.2, 0) is 10.0 Å². The van der Waals surface area contributed by atoms with Crippen molar-refractivity contribution >= 4 is 21.7 Å². The Bertz CT molecular complexity index is 820. The molecule has 0 unspecified atom stereocenters. The largest absolute Gasteiger partial charge is 0.493 e. The van der Waals surface area contributed by atoms with Gasteiger partial charge in [0.15, 0.2) is 0 Å². The zero-order valence-corrected chi connectivity index (χ0v) is 14.7. The van der Waals surface area contributed by atoms with Gasteiger partial charge in [-0.25, -0.2) is 18.4 Å². The number of amides is 2. The Labute approximate surface area is 147 Å². The van der Waals surface area contributed by atoms with Gasteiger partial charge in [-0.2, -0.15) is 0 Å². The summed E-state index contributed by atoms with van der Waals surface area (Å²) in [7, 11) is -3.74. The van der Waals surface area contributed by atoms with E-state index in [2.05, 4.69) is 10.6 Å². The van der Waals surface area contributed by atoms with Gasteiger partial charge in [0, 0.05) is 12.2 Å². The summed E-state index contributed by atoms with van der Waals surface area (Å²) in [6.07, 6.45) is 0.659. The molecule has 0 atom stereocenters. The SMILES string of the molecule is Cc1ccccc1OCCCNC(=O)Nc1ccc(S(N)(=O)=O)cc1. The quantitative estimate of drug-likeness (QED) is 0.655. The first kappa shape index (κ1) is 18.8. The Morgan fingerprint density at radius 2 is 1.80 bits per heavy atom. The lowest BCUT2D eigenvalue weighted by molar-refractivity contribution is 0.250. The minimum Gasteiger partial charge on any atom is -0.493 e. The van der Waals surface area contributed by atoms with Gasteiger partial charge >= 0.3 is 6.03 Å². The van der Waals surface area contributed by atoms with Crippen LogP contribution in [0.3, 0.4) is 0 Å². The number of ether oxygens (including phenoxy) is 1. The Hall–Kier alpha value is -2.58. The number of carbonyl (C=O) groups is 1. The van der Waals surface area contributed by atoms with E-state index in [4.69, 9.17) is 9.88 Å². The average molecular weight is 363 g/mol. The van der Waals surface area contributed by atoms with Gasteiger partial charge in [0.1, 0.15) is 5.75 Å². The van der Waals surface area contributed by atoms with Crippen LogP contribution in [0.15, 0.2) is 53.4 Å². The van der Waals surface area contributed by atoms with E-state index in [1.165, 1.54) is 24.3 Å². The minimum atomic E-state index is -3.74. The van der Waals surface area contributed by atoms with Crippen LogP contribution in [-0.4, -0.2) is 27.6 Å². The fraction of sp³-hybridized carbons (Fsp3) is 0.235. The minimum absolute atomic E-state index is 0.00758. The maximum absolute atomic E-state index is 11.8. The molecule has 4 N–H and O–H groups in total. The molecule has 0 fully saturated rings. The number of hydrogen-bond donors (Lipinski definition) is 3. The number of nitrogens with one attached hydrogen (secondary N) is 2. The van der Waals surface area contributed by atoms with E-state index in [-0.39, 0.29) is 10.9 Å². The molecule has 0 saturated heterocycles. The normalized spacial score (nSPS) is 11.0. The molecule has 2 aromatic carbocycles. The molecular formula is C17H21N3O4S. The van der Waals surface area contributed by atoms with Crippen molar-refractivity contribution in [2.75, 3.05) is 18.5 Å². The predicted molar refractivity (Wildman–Crippen MR) is 96.1 cm³/mol. The number of carbonyl (C=O) groups excluding carboxylic acids is 1. The number of primary sulfonamides is 1. The lowest BCUT2D eigenvalue weighted by Crippen LogP contribution is -2.30. The van der Waals surface area contributed by atoms with Crippen LogP contribution in [0.2, 0.25) is 0 Å². The maximum Gasteiger partial charge on any atom is 0.319 e.